The lowest BCUT2D eigenvalue weighted by molar-refractivity contribution is 0.503. The second-order valence-electron chi connectivity index (χ2n) is 4.90. The zero-order valence-electron chi connectivity index (χ0n) is 11.5. The SMILES string of the molecule is CNC(CCCc1cccs1)Cc1ccc(Br)cc1Cl. The maximum atomic E-state index is 6.29. The van der Waals surface area contributed by atoms with Gasteiger partial charge in [-0.2, -0.15) is 0 Å². The molecule has 1 unspecified atom stereocenters. The van der Waals surface area contributed by atoms with E-state index in [2.05, 4.69) is 50.9 Å². The van der Waals surface area contributed by atoms with E-state index in [4.69, 9.17) is 11.6 Å². The zero-order valence-corrected chi connectivity index (χ0v) is 14.7. The van der Waals surface area contributed by atoms with E-state index in [9.17, 15) is 0 Å². The van der Waals surface area contributed by atoms with E-state index in [1.165, 1.54) is 29.7 Å². The minimum atomic E-state index is 0.480. The molecule has 1 N–H and O–H groups in total. The van der Waals surface area contributed by atoms with Crippen LogP contribution < -0.4 is 5.32 Å². The summed E-state index contributed by atoms with van der Waals surface area (Å²) in [5.41, 5.74) is 1.21. The van der Waals surface area contributed by atoms with Gasteiger partial charge in [-0.3, -0.25) is 0 Å². The highest BCUT2D eigenvalue weighted by atomic mass is 79.9. The van der Waals surface area contributed by atoms with Gasteiger partial charge in [0, 0.05) is 20.4 Å². The van der Waals surface area contributed by atoms with Gasteiger partial charge in [0.2, 0.25) is 0 Å². The smallest absolute Gasteiger partial charge is 0.0449 e. The molecular formula is C16H19BrClNS. The van der Waals surface area contributed by atoms with Crippen LogP contribution in [-0.2, 0) is 12.8 Å². The maximum Gasteiger partial charge on any atom is 0.0449 e. The normalized spacial score (nSPS) is 12.6. The monoisotopic (exact) mass is 371 g/mol. The number of rotatable bonds is 7. The average molecular weight is 373 g/mol. The van der Waals surface area contributed by atoms with Crippen molar-refractivity contribution in [2.45, 2.75) is 31.7 Å². The van der Waals surface area contributed by atoms with Gasteiger partial charge in [0.15, 0.2) is 0 Å². The summed E-state index contributed by atoms with van der Waals surface area (Å²) < 4.78 is 1.03. The third kappa shape index (κ3) is 4.88. The summed E-state index contributed by atoms with van der Waals surface area (Å²) in [6.45, 7) is 0. The van der Waals surface area contributed by atoms with E-state index < -0.39 is 0 Å². The largest absolute Gasteiger partial charge is 0.317 e. The maximum absolute atomic E-state index is 6.29. The summed E-state index contributed by atoms with van der Waals surface area (Å²) in [5.74, 6) is 0. The first-order chi connectivity index (χ1) is 9.69. The molecule has 0 fully saturated rings. The molecule has 1 heterocycles. The quantitative estimate of drug-likeness (QED) is 0.694. The van der Waals surface area contributed by atoms with Crippen molar-refractivity contribution < 1.29 is 0 Å². The third-order valence-corrected chi connectivity index (χ3v) is 5.23. The predicted molar refractivity (Wildman–Crippen MR) is 93.0 cm³/mol. The number of nitrogens with one attached hydrogen (secondary N) is 1. The molecule has 0 radical (unpaired) electrons. The fraction of sp³-hybridized carbons (Fsp3) is 0.375. The molecule has 1 nitrogen and oxygen atoms in total. The van der Waals surface area contributed by atoms with Gasteiger partial charge < -0.3 is 5.32 Å². The first kappa shape index (κ1) is 16.0. The van der Waals surface area contributed by atoms with Crippen molar-refractivity contribution in [3.63, 3.8) is 0 Å². The minimum Gasteiger partial charge on any atom is -0.317 e. The molecule has 0 aliphatic carbocycles. The van der Waals surface area contributed by atoms with Crippen LogP contribution in [0.1, 0.15) is 23.3 Å². The van der Waals surface area contributed by atoms with Gasteiger partial charge in [-0.15, -0.1) is 11.3 Å². The van der Waals surface area contributed by atoms with Crippen molar-refractivity contribution in [2.24, 2.45) is 0 Å². The van der Waals surface area contributed by atoms with Crippen molar-refractivity contribution in [2.75, 3.05) is 7.05 Å². The Kier molecular flexibility index (Phi) is 6.56. The van der Waals surface area contributed by atoms with E-state index in [-0.39, 0.29) is 0 Å². The molecule has 4 heteroatoms. The van der Waals surface area contributed by atoms with E-state index in [0.29, 0.717) is 6.04 Å². The molecule has 1 aromatic heterocycles. The van der Waals surface area contributed by atoms with Gasteiger partial charge in [0.05, 0.1) is 0 Å². The summed E-state index contributed by atoms with van der Waals surface area (Å²) in [6.07, 6.45) is 4.53. The molecule has 1 aromatic carbocycles. The number of hydrogen-bond donors (Lipinski definition) is 1. The van der Waals surface area contributed by atoms with Crippen molar-refractivity contribution in [3.05, 3.63) is 55.6 Å². The first-order valence-electron chi connectivity index (χ1n) is 6.82. The number of thiophene rings is 1. The second kappa shape index (κ2) is 8.18. The van der Waals surface area contributed by atoms with Gasteiger partial charge in [0.1, 0.15) is 0 Å². The van der Waals surface area contributed by atoms with Crippen molar-refractivity contribution in [1.82, 2.24) is 5.32 Å². The fourth-order valence-corrected chi connectivity index (χ4v) is 3.78. The van der Waals surface area contributed by atoms with E-state index >= 15 is 0 Å². The highest BCUT2D eigenvalue weighted by molar-refractivity contribution is 9.10. The molecule has 2 rings (SSSR count). The fourth-order valence-electron chi connectivity index (χ4n) is 2.28. The molecule has 0 bridgehead atoms. The summed E-state index contributed by atoms with van der Waals surface area (Å²) >= 11 is 11.6. The zero-order chi connectivity index (χ0) is 14.4. The van der Waals surface area contributed by atoms with Crippen molar-refractivity contribution >= 4 is 38.9 Å². The Bertz CT molecular complexity index is 527. The Morgan fingerprint density at radius 2 is 2.20 bits per heavy atom. The van der Waals surface area contributed by atoms with E-state index in [1.807, 2.05) is 24.5 Å². The van der Waals surface area contributed by atoms with Crippen molar-refractivity contribution in [3.8, 4) is 0 Å². The van der Waals surface area contributed by atoms with Gasteiger partial charge >= 0.3 is 0 Å². The van der Waals surface area contributed by atoms with Gasteiger partial charge in [-0.25, -0.2) is 0 Å². The number of aryl methyl sites for hydroxylation is 1. The predicted octanol–water partition coefficient (Wildman–Crippen LogP) is 5.32. The van der Waals surface area contributed by atoms with E-state index in [0.717, 1.165) is 15.9 Å². The topological polar surface area (TPSA) is 12.0 Å². The Labute approximate surface area is 138 Å². The second-order valence-corrected chi connectivity index (χ2v) is 7.25. The lowest BCUT2D eigenvalue weighted by atomic mass is 10.0. The summed E-state index contributed by atoms with van der Waals surface area (Å²) in [4.78, 5) is 1.47. The molecule has 0 spiro atoms. The minimum absolute atomic E-state index is 0.480. The van der Waals surface area contributed by atoms with Crippen molar-refractivity contribution in [1.29, 1.82) is 0 Å². The molecule has 0 amide bonds. The lowest BCUT2D eigenvalue weighted by Gasteiger charge is -2.17. The molecule has 20 heavy (non-hydrogen) atoms. The number of halogens is 2. The third-order valence-electron chi connectivity index (χ3n) is 3.45. The van der Waals surface area contributed by atoms with Crippen LogP contribution in [0.15, 0.2) is 40.2 Å². The molecule has 1 atom stereocenters. The molecule has 0 aliphatic heterocycles. The lowest BCUT2D eigenvalue weighted by Crippen LogP contribution is -2.27. The van der Waals surface area contributed by atoms with Gasteiger partial charge in [-0.05, 0) is 61.9 Å². The average Bonchev–Trinajstić information content (AvgIpc) is 2.93. The van der Waals surface area contributed by atoms with E-state index in [1.54, 1.807) is 0 Å². The molecule has 2 aromatic rings. The molecule has 0 aliphatic rings. The Balaban J connectivity index is 1.85. The summed E-state index contributed by atoms with van der Waals surface area (Å²) in [5, 5.41) is 6.40. The molecule has 0 saturated carbocycles. The summed E-state index contributed by atoms with van der Waals surface area (Å²) in [6, 6.07) is 10.9. The standard InChI is InChI=1S/C16H19BrClNS/c1-19-14(4-2-5-15-6-3-9-20-15)10-12-7-8-13(17)11-16(12)18/h3,6-9,11,14,19H,2,4-5,10H2,1H3. The van der Waals surface area contributed by atoms with Crippen LogP contribution in [0.2, 0.25) is 5.02 Å². The van der Waals surface area contributed by atoms with Crippen LogP contribution in [0, 0.1) is 0 Å². The molecule has 0 saturated heterocycles. The van der Waals surface area contributed by atoms with Crippen LogP contribution >= 0.6 is 38.9 Å². The van der Waals surface area contributed by atoms with Crippen LogP contribution in [0.25, 0.3) is 0 Å². The Hall–Kier alpha value is -0.350. The Morgan fingerprint density at radius 1 is 1.35 bits per heavy atom. The number of hydrogen-bond acceptors (Lipinski definition) is 2. The highest BCUT2D eigenvalue weighted by Gasteiger charge is 2.10. The van der Waals surface area contributed by atoms with Crippen LogP contribution in [0.3, 0.4) is 0 Å². The first-order valence-corrected chi connectivity index (χ1v) is 8.87. The van der Waals surface area contributed by atoms with Crippen LogP contribution in [0.4, 0.5) is 0 Å². The van der Waals surface area contributed by atoms with Gasteiger partial charge in [-0.1, -0.05) is 39.7 Å². The van der Waals surface area contributed by atoms with Crippen LogP contribution in [-0.4, -0.2) is 13.1 Å². The number of likely N-dealkylation sites (N-methyl/N-ethyl adjacent to an activating group) is 1. The Morgan fingerprint density at radius 3 is 2.85 bits per heavy atom. The number of benzene rings is 1. The summed E-state index contributed by atoms with van der Waals surface area (Å²) in [7, 11) is 2.03. The highest BCUT2D eigenvalue weighted by Crippen LogP contribution is 2.23. The van der Waals surface area contributed by atoms with Crippen LogP contribution in [0.5, 0.6) is 0 Å². The molecule has 108 valence electrons. The molecular weight excluding hydrogens is 354 g/mol. The van der Waals surface area contributed by atoms with Gasteiger partial charge in [0.25, 0.3) is 0 Å².